The van der Waals surface area contributed by atoms with Crippen LogP contribution in [-0.4, -0.2) is 69.9 Å². The van der Waals surface area contributed by atoms with Crippen LogP contribution >= 0.6 is 7.81 Å². The van der Waals surface area contributed by atoms with E-state index in [1.165, 1.54) is 4.85 Å². The molecular weight excluding hydrogens is 445 g/mol. The van der Waals surface area contributed by atoms with Gasteiger partial charge >= 0.3 is 44.7 Å². The largest absolute Gasteiger partial charge is 0.721 e. The maximum atomic E-state index is 11.9. The van der Waals surface area contributed by atoms with E-state index in [1.54, 1.807) is 18.3 Å². The summed E-state index contributed by atoms with van der Waals surface area (Å²) < 4.78 is 66.8. The molecule has 0 radical (unpaired) electrons. The van der Waals surface area contributed by atoms with Crippen LogP contribution in [0.1, 0.15) is 12.8 Å². The molecule has 30 heavy (non-hydrogen) atoms. The van der Waals surface area contributed by atoms with E-state index in [1.807, 2.05) is 0 Å². The summed E-state index contributed by atoms with van der Waals surface area (Å²) in [5, 5.41) is 15.7. The average molecular weight is 464 g/mol. The predicted octanol–water partition coefficient (Wildman–Crippen LogP) is 2.37. The van der Waals surface area contributed by atoms with Gasteiger partial charge in [0, 0.05) is 4.85 Å². The molecule has 0 aromatic carbocycles. The first kappa shape index (κ1) is 22.3. The number of halogens is 6. The molecule has 16 heteroatoms. The van der Waals surface area contributed by atoms with E-state index < -0.39 is 7.81 Å². The fourth-order valence-electron chi connectivity index (χ4n) is 2.97. The van der Waals surface area contributed by atoms with E-state index in [-0.39, 0.29) is 5.65 Å². The number of ether oxygens (including phenoxy) is 1. The molecule has 0 saturated carbocycles. The van der Waals surface area contributed by atoms with E-state index in [9.17, 15) is 30.4 Å². The summed E-state index contributed by atoms with van der Waals surface area (Å²) in [6.07, 6.45) is 3.84. The molecule has 2 aliphatic heterocycles. The van der Waals surface area contributed by atoms with Crippen LogP contribution in [0.3, 0.4) is 0 Å². The minimum absolute atomic E-state index is 0.246. The number of rotatable bonds is 1. The molecule has 2 aromatic rings. The first-order valence-corrected chi connectivity index (χ1v) is 10.9. The smallest absolute Gasteiger partial charge is 0.486 e. The average Bonchev–Trinajstić information content (AvgIpc) is 3.27. The molecule has 2 aromatic heterocycles. The quantitative estimate of drug-likeness (QED) is 0.212. The number of fused-ring (bicyclic) bond motifs is 1. The number of hydrogen-bond acceptors (Lipinski definition) is 5. The van der Waals surface area contributed by atoms with Crippen LogP contribution in [0.5, 0.6) is 0 Å². The molecule has 0 unspecified atom stereocenters. The van der Waals surface area contributed by atoms with Gasteiger partial charge < -0.3 is 9.94 Å². The summed E-state index contributed by atoms with van der Waals surface area (Å²) in [6, 6.07) is 4.26. The van der Waals surface area contributed by atoms with Crippen LogP contribution in [0.4, 0.5) is 25.2 Å². The third kappa shape index (κ3) is 6.83. The third-order valence-electron chi connectivity index (χ3n) is 4.14. The van der Waals surface area contributed by atoms with Crippen molar-refractivity contribution in [2.75, 3.05) is 39.4 Å². The molecule has 9 nitrogen and oxygen atoms in total. The third-order valence-corrected chi connectivity index (χ3v) is 4.14. The van der Waals surface area contributed by atoms with Gasteiger partial charge in [-0.1, -0.05) is 0 Å². The van der Waals surface area contributed by atoms with E-state index >= 15 is 0 Å². The van der Waals surface area contributed by atoms with Crippen molar-refractivity contribution in [2.24, 2.45) is 0 Å². The van der Waals surface area contributed by atoms with Gasteiger partial charge in [0.2, 0.25) is 5.52 Å². The van der Waals surface area contributed by atoms with E-state index in [0.29, 0.717) is 23.6 Å². The summed E-state index contributed by atoms with van der Waals surface area (Å²) >= 11 is 0. The van der Waals surface area contributed by atoms with E-state index in [0.717, 1.165) is 45.0 Å². The van der Waals surface area contributed by atoms with Crippen molar-refractivity contribution < 1.29 is 44.2 Å². The number of hydrogen-bond donors (Lipinski definition) is 0. The van der Waals surface area contributed by atoms with Crippen LogP contribution in [0.25, 0.3) is 11.2 Å². The van der Waals surface area contributed by atoms with Crippen molar-refractivity contribution in [1.29, 1.82) is 0 Å². The predicted molar refractivity (Wildman–Crippen MR) is 93.3 cm³/mol. The Balaban J connectivity index is 0.000000318. The van der Waals surface area contributed by atoms with Crippen molar-refractivity contribution in [1.82, 2.24) is 19.9 Å². The molecule has 0 N–H and O–H groups in total. The Morgan fingerprint density at radius 1 is 1.10 bits per heavy atom. The zero-order valence-corrected chi connectivity index (χ0v) is 16.4. The monoisotopic (exact) mass is 464 g/mol. The first-order chi connectivity index (χ1) is 13.8. The second-order valence-electron chi connectivity index (χ2n) is 6.61. The topological polar surface area (TPSA) is 82.4 Å². The van der Waals surface area contributed by atoms with Gasteiger partial charge in [0.25, 0.3) is 0 Å². The van der Waals surface area contributed by atoms with Gasteiger partial charge in [-0.3, -0.25) is 0 Å². The molecule has 170 valence electrons. The van der Waals surface area contributed by atoms with Gasteiger partial charge in [-0.15, -0.1) is 9.83 Å². The zero-order chi connectivity index (χ0) is 22.1. The molecule has 0 bridgehead atoms. The Morgan fingerprint density at radius 2 is 1.70 bits per heavy atom. The SMILES string of the molecule is F[P-](F)(F)(F)(F)F.[O-][n+]1nn(OC(N2CCOCC2)=[N+]2CCCC2)c2cccnc21. The Morgan fingerprint density at radius 3 is 2.30 bits per heavy atom. The molecule has 0 aliphatic carbocycles. The fourth-order valence-corrected chi connectivity index (χ4v) is 2.97. The van der Waals surface area contributed by atoms with Gasteiger partial charge in [0.1, 0.15) is 19.3 Å². The second kappa shape index (κ2) is 7.38. The van der Waals surface area contributed by atoms with Crippen LogP contribution in [0, 0.1) is 5.21 Å². The molecule has 2 aliphatic rings. The number of amidine groups is 1. The minimum Gasteiger partial charge on any atom is -0.721 e. The first-order valence-electron chi connectivity index (χ1n) is 8.91. The summed E-state index contributed by atoms with van der Waals surface area (Å²) in [5.41, 5.74) is 0.794. The normalized spacial score (nSPS) is 19.7. The molecule has 2 fully saturated rings. The van der Waals surface area contributed by atoms with Crippen molar-refractivity contribution in [3.05, 3.63) is 23.5 Å². The zero-order valence-electron chi connectivity index (χ0n) is 15.5. The van der Waals surface area contributed by atoms with Crippen LogP contribution in [-0.2, 0) is 4.74 Å². The van der Waals surface area contributed by atoms with E-state index in [4.69, 9.17) is 9.57 Å². The Bertz CT molecular complexity index is 926. The number of nitrogens with zero attached hydrogens (tertiary/aromatic N) is 6. The summed E-state index contributed by atoms with van der Waals surface area (Å²) in [6.45, 7) is 4.76. The molecule has 2 saturated heterocycles. The van der Waals surface area contributed by atoms with Crippen molar-refractivity contribution in [2.45, 2.75) is 12.8 Å². The summed E-state index contributed by atoms with van der Waals surface area (Å²) in [5.74, 6) is 0. The van der Waals surface area contributed by atoms with Gasteiger partial charge in [0.15, 0.2) is 0 Å². The Kier molecular flexibility index (Phi) is 5.48. The Labute approximate surface area is 165 Å². The summed E-state index contributed by atoms with van der Waals surface area (Å²) in [7, 11) is -10.7. The molecule has 4 rings (SSSR count). The number of pyridine rings is 1. The fraction of sp³-hybridized carbons (Fsp3) is 0.571. The van der Waals surface area contributed by atoms with Gasteiger partial charge in [0.05, 0.1) is 31.5 Å². The molecular formula is C14H19F6N6O3P. The van der Waals surface area contributed by atoms with Gasteiger partial charge in [-0.2, -0.15) is 0 Å². The van der Waals surface area contributed by atoms with E-state index in [2.05, 4.69) is 19.7 Å². The van der Waals surface area contributed by atoms with Crippen molar-refractivity contribution >= 4 is 25.0 Å². The maximum absolute atomic E-state index is 11.9. The van der Waals surface area contributed by atoms with Crippen LogP contribution in [0.15, 0.2) is 18.3 Å². The van der Waals surface area contributed by atoms with Crippen molar-refractivity contribution in [3.63, 3.8) is 0 Å². The standard InChI is InChI=1S/C14H19N6O3.F6P/c21-19-13-12(4-3-5-15-13)20(16-19)23-14(17-6-1-2-7-17)18-8-10-22-11-9-18;1-7(2,3,4,5)6/h3-5H,1-2,6-11H2;/q+1;-1. The molecule has 4 heterocycles. The minimum atomic E-state index is -10.7. The number of morpholine rings is 1. The van der Waals surface area contributed by atoms with Crippen LogP contribution in [0.2, 0.25) is 0 Å². The van der Waals surface area contributed by atoms with Crippen LogP contribution < -0.4 is 9.68 Å². The van der Waals surface area contributed by atoms with Crippen molar-refractivity contribution in [3.8, 4) is 0 Å². The molecule has 0 amide bonds. The maximum Gasteiger partial charge on any atom is 0.486 e. The summed E-state index contributed by atoms with van der Waals surface area (Å²) in [4.78, 5) is 14.0. The van der Waals surface area contributed by atoms with Gasteiger partial charge in [-0.05, 0) is 25.0 Å². The Hall–Kier alpha value is -2.41. The molecule has 0 spiro atoms. The second-order valence-corrected chi connectivity index (χ2v) is 8.52. The van der Waals surface area contributed by atoms with Gasteiger partial charge in [-0.25, -0.2) is 14.3 Å². The molecule has 0 atom stereocenters. The number of aromatic nitrogens is 4.